The topological polar surface area (TPSA) is 101 Å². The Kier molecular flexibility index (Phi) is 8.69. The molecule has 0 aromatic heterocycles. The van der Waals surface area contributed by atoms with Gasteiger partial charge in [0.15, 0.2) is 0 Å². The number of nitrogens with one attached hydrogen (secondary N) is 2. The minimum Gasteiger partial charge on any atom is -0.366 e. The third-order valence-corrected chi connectivity index (χ3v) is 5.59. The van der Waals surface area contributed by atoms with Gasteiger partial charge >= 0.3 is 0 Å². The number of carbonyl (C=O) groups excluding carboxylic acids is 1. The number of rotatable bonds is 7. The lowest BCUT2D eigenvalue weighted by Crippen LogP contribution is -2.36. The molecule has 4 N–H and O–H groups in total. The second-order valence-corrected chi connectivity index (χ2v) is 7.70. The van der Waals surface area contributed by atoms with Crippen LogP contribution in [-0.4, -0.2) is 33.5 Å². The average Bonchev–Trinajstić information content (AvgIpc) is 2.80. The summed E-state index contributed by atoms with van der Waals surface area (Å²) >= 11 is 0. The van der Waals surface area contributed by atoms with Crippen molar-refractivity contribution in [3.63, 3.8) is 0 Å². The molecule has 0 heterocycles. The normalized spacial score (nSPS) is 16.2. The van der Waals surface area contributed by atoms with E-state index in [4.69, 9.17) is 5.73 Å². The fourth-order valence-electron chi connectivity index (χ4n) is 2.85. The SMILES string of the molecule is Cl.NC(=O)c1cccc(S(=O)(=O)NCCNC2CCCCCC2)c1. The minimum absolute atomic E-state index is 0. The number of carbonyl (C=O) groups is 1. The first kappa shape index (κ1) is 20.9. The van der Waals surface area contributed by atoms with Crippen molar-refractivity contribution in [2.24, 2.45) is 5.73 Å². The number of nitrogens with two attached hydrogens (primary N) is 1. The van der Waals surface area contributed by atoms with Crippen molar-refractivity contribution in [2.45, 2.75) is 49.5 Å². The van der Waals surface area contributed by atoms with Crippen LogP contribution >= 0.6 is 12.4 Å². The van der Waals surface area contributed by atoms with Crippen LogP contribution in [0.4, 0.5) is 0 Å². The van der Waals surface area contributed by atoms with E-state index in [0.29, 0.717) is 19.1 Å². The zero-order valence-electron chi connectivity index (χ0n) is 13.7. The van der Waals surface area contributed by atoms with Crippen molar-refractivity contribution in [3.8, 4) is 0 Å². The molecule has 0 radical (unpaired) electrons. The van der Waals surface area contributed by atoms with E-state index in [0.717, 1.165) is 12.8 Å². The Labute approximate surface area is 150 Å². The van der Waals surface area contributed by atoms with Gasteiger partial charge < -0.3 is 11.1 Å². The van der Waals surface area contributed by atoms with Gasteiger partial charge in [-0.2, -0.15) is 0 Å². The lowest BCUT2D eigenvalue weighted by Gasteiger charge is -2.16. The molecule has 8 heteroatoms. The average molecular weight is 376 g/mol. The van der Waals surface area contributed by atoms with Gasteiger partial charge in [-0.05, 0) is 31.0 Å². The van der Waals surface area contributed by atoms with Crippen LogP contribution in [0.5, 0.6) is 0 Å². The van der Waals surface area contributed by atoms with E-state index >= 15 is 0 Å². The number of primary amides is 1. The summed E-state index contributed by atoms with van der Waals surface area (Å²) < 4.78 is 27.0. The summed E-state index contributed by atoms with van der Waals surface area (Å²) in [6, 6.07) is 6.24. The second-order valence-electron chi connectivity index (χ2n) is 5.93. The number of benzene rings is 1. The molecule has 1 aromatic carbocycles. The van der Waals surface area contributed by atoms with Crippen molar-refractivity contribution < 1.29 is 13.2 Å². The third kappa shape index (κ3) is 6.39. The summed E-state index contributed by atoms with van der Waals surface area (Å²) in [5.74, 6) is -0.642. The van der Waals surface area contributed by atoms with Crippen LogP contribution in [0.2, 0.25) is 0 Å². The summed E-state index contributed by atoms with van der Waals surface area (Å²) in [6.45, 7) is 0.916. The first-order chi connectivity index (χ1) is 11.0. The van der Waals surface area contributed by atoms with Gasteiger partial charge in [0.25, 0.3) is 0 Å². The maximum atomic E-state index is 12.2. The molecule has 1 aliphatic rings. The highest BCUT2D eigenvalue weighted by Gasteiger charge is 2.16. The Morgan fingerprint density at radius 2 is 1.79 bits per heavy atom. The molecular formula is C16H26ClN3O3S. The maximum Gasteiger partial charge on any atom is 0.248 e. The summed E-state index contributed by atoms with van der Waals surface area (Å²) in [4.78, 5) is 11.2. The molecule has 1 aromatic rings. The smallest absolute Gasteiger partial charge is 0.248 e. The number of hydrogen-bond donors (Lipinski definition) is 3. The third-order valence-electron chi connectivity index (χ3n) is 4.13. The largest absolute Gasteiger partial charge is 0.366 e. The van der Waals surface area contributed by atoms with Crippen LogP contribution in [0.25, 0.3) is 0 Å². The van der Waals surface area contributed by atoms with Gasteiger partial charge in [0.2, 0.25) is 15.9 Å². The minimum atomic E-state index is -3.62. The van der Waals surface area contributed by atoms with Crippen molar-refractivity contribution in [1.82, 2.24) is 10.0 Å². The maximum absolute atomic E-state index is 12.2. The van der Waals surface area contributed by atoms with Crippen LogP contribution in [0.15, 0.2) is 29.2 Å². The Bertz CT molecular complexity index is 629. The molecule has 0 spiro atoms. The zero-order chi connectivity index (χ0) is 16.7. The molecule has 0 bridgehead atoms. The van der Waals surface area contributed by atoms with Crippen LogP contribution in [0.1, 0.15) is 48.9 Å². The molecule has 0 unspecified atom stereocenters. The first-order valence-corrected chi connectivity index (χ1v) is 9.60. The van der Waals surface area contributed by atoms with E-state index < -0.39 is 15.9 Å². The molecule has 1 saturated carbocycles. The summed E-state index contributed by atoms with van der Waals surface area (Å²) in [5, 5.41) is 3.41. The molecule has 1 fully saturated rings. The van der Waals surface area contributed by atoms with Crippen molar-refractivity contribution in [2.75, 3.05) is 13.1 Å². The van der Waals surface area contributed by atoms with Gasteiger partial charge in [-0.3, -0.25) is 4.79 Å². The number of hydrogen-bond acceptors (Lipinski definition) is 4. The molecule has 1 aliphatic carbocycles. The Morgan fingerprint density at radius 1 is 1.12 bits per heavy atom. The van der Waals surface area contributed by atoms with E-state index in [9.17, 15) is 13.2 Å². The quantitative estimate of drug-likeness (QED) is 0.499. The van der Waals surface area contributed by atoms with E-state index in [-0.39, 0.29) is 22.9 Å². The molecule has 1 amide bonds. The highest BCUT2D eigenvalue weighted by Crippen LogP contribution is 2.17. The summed E-state index contributed by atoms with van der Waals surface area (Å²) in [6.07, 6.45) is 7.38. The van der Waals surface area contributed by atoms with Crippen LogP contribution in [0.3, 0.4) is 0 Å². The van der Waals surface area contributed by atoms with Gasteiger partial charge in [-0.1, -0.05) is 31.7 Å². The van der Waals surface area contributed by atoms with E-state index in [1.54, 1.807) is 0 Å². The predicted octanol–water partition coefficient (Wildman–Crippen LogP) is 1.80. The highest BCUT2D eigenvalue weighted by atomic mass is 35.5. The molecule has 0 saturated heterocycles. The van der Waals surface area contributed by atoms with Gasteiger partial charge in [-0.15, -0.1) is 12.4 Å². The number of sulfonamides is 1. The number of halogens is 1. The fourth-order valence-corrected chi connectivity index (χ4v) is 3.92. The Balaban J connectivity index is 0.00000288. The van der Waals surface area contributed by atoms with Crippen LogP contribution in [0, 0.1) is 0 Å². The van der Waals surface area contributed by atoms with Crippen molar-refractivity contribution in [1.29, 1.82) is 0 Å². The molecule has 24 heavy (non-hydrogen) atoms. The first-order valence-electron chi connectivity index (χ1n) is 8.12. The second kappa shape index (κ2) is 9.98. The number of amides is 1. The fraction of sp³-hybridized carbons (Fsp3) is 0.562. The van der Waals surface area contributed by atoms with Gasteiger partial charge in [0, 0.05) is 24.7 Å². The molecule has 0 atom stereocenters. The van der Waals surface area contributed by atoms with Gasteiger partial charge in [-0.25, -0.2) is 13.1 Å². The molecular weight excluding hydrogens is 350 g/mol. The molecule has 6 nitrogen and oxygen atoms in total. The van der Waals surface area contributed by atoms with Gasteiger partial charge in [0.05, 0.1) is 4.90 Å². The molecule has 136 valence electrons. The molecule has 0 aliphatic heterocycles. The van der Waals surface area contributed by atoms with Crippen LogP contribution in [-0.2, 0) is 10.0 Å². The van der Waals surface area contributed by atoms with Gasteiger partial charge in [0.1, 0.15) is 0 Å². The standard InChI is InChI=1S/C16H25N3O3S.ClH/c17-16(20)13-6-5-9-15(12-13)23(21,22)19-11-10-18-14-7-3-1-2-4-8-14;/h5-6,9,12,14,18-19H,1-4,7-8,10-11H2,(H2,17,20);1H. The van der Waals surface area contributed by atoms with Crippen molar-refractivity contribution in [3.05, 3.63) is 29.8 Å². The molecule has 2 rings (SSSR count). The Morgan fingerprint density at radius 3 is 2.42 bits per heavy atom. The van der Waals surface area contributed by atoms with Crippen LogP contribution < -0.4 is 15.8 Å². The summed E-state index contributed by atoms with van der Waals surface area (Å²) in [5.41, 5.74) is 5.36. The Hall–Kier alpha value is -1.15. The lowest BCUT2D eigenvalue weighted by molar-refractivity contribution is 0.1000. The monoisotopic (exact) mass is 375 g/mol. The highest BCUT2D eigenvalue weighted by molar-refractivity contribution is 7.89. The van der Waals surface area contributed by atoms with E-state index in [1.165, 1.54) is 49.9 Å². The van der Waals surface area contributed by atoms with Crippen molar-refractivity contribution >= 4 is 28.3 Å². The summed E-state index contributed by atoms with van der Waals surface area (Å²) in [7, 11) is -3.62. The van der Waals surface area contributed by atoms with E-state index in [2.05, 4.69) is 10.0 Å². The lowest BCUT2D eigenvalue weighted by atomic mass is 10.1. The van der Waals surface area contributed by atoms with E-state index in [1.807, 2.05) is 0 Å². The predicted molar refractivity (Wildman–Crippen MR) is 96.9 cm³/mol. The zero-order valence-corrected chi connectivity index (χ0v) is 15.3.